The summed E-state index contributed by atoms with van der Waals surface area (Å²) in [5, 5.41) is 8.96. The summed E-state index contributed by atoms with van der Waals surface area (Å²) in [6, 6.07) is 12.8. The zero-order valence-corrected chi connectivity index (χ0v) is 11.1. The standard InChI is InChI=1S/C15H22N2/c1-4-13(2)12-17(3)15(10-11-16)14-8-6-5-7-9-14/h5-9,13,15H,4,10,12H2,1-3H3. The van der Waals surface area contributed by atoms with E-state index >= 15 is 0 Å². The zero-order chi connectivity index (χ0) is 12.7. The van der Waals surface area contributed by atoms with Crippen molar-refractivity contribution < 1.29 is 0 Å². The largest absolute Gasteiger partial charge is 0.298 e. The molecule has 0 radical (unpaired) electrons. The summed E-state index contributed by atoms with van der Waals surface area (Å²) in [6.07, 6.45) is 1.73. The van der Waals surface area contributed by atoms with E-state index in [0.29, 0.717) is 12.3 Å². The monoisotopic (exact) mass is 230 g/mol. The molecule has 2 unspecified atom stereocenters. The summed E-state index contributed by atoms with van der Waals surface area (Å²) in [5.74, 6) is 0.671. The molecule has 2 atom stereocenters. The number of benzene rings is 1. The Morgan fingerprint density at radius 2 is 1.94 bits per heavy atom. The normalized spacial score (nSPS) is 14.3. The lowest BCUT2D eigenvalue weighted by molar-refractivity contribution is 0.213. The van der Waals surface area contributed by atoms with E-state index < -0.39 is 0 Å². The third kappa shape index (κ3) is 4.20. The number of nitrogens with zero attached hydrogens (tertiary/aromatic N) is 2. The van der Waals surface area contributed by atoms with Crippen LogP contribution in [-0.4, -0.2) is 18.5 Å². The average molecular weight is 230 g/mol. The van der Waals surface area contributed by atoms with Gasteiger partial charge in [-0.25, -0.2) is 0 Å². The molecule has 2 heteroatoms. The number of rotatable bonds is 6. The van der Waals surface area contributed by atoms with Gasteiger partial charge < -0.3 is 0 Å². The van der Waals surface area contributed by atoms with Crippen LogP contribution in [0.4, 0.5) is 0 Å². The molecule has 0 saturated heterocycles. The molecular weight excluding hydrogens is 208 g/mol. The van der Waals surface area contributed by atoms with Crippen molar-refractivity contribution in [1.82, 2.24) is 4.90 Å². The van der Waals surface area contributed by atoms with Crippen molar-refractivity contribution in [1.29, 1.82) is 5.26 Å². The molecule has 0 spiro atoms. The highest BCUT2D eigenvalue weighted by molar-refractivity contribution is 5.20. The molecule has 0 saturated carbocycles. The van der Waals surface area contributed by atoms with Crippen LogP contribution in [0.1, 0.15) is 38.3 Å². The maximum atomic E-state index is 8.96. The first-order valence-electron chi connectivity index (χ1n) is 6.31. The maximum absolute atomic E-state index is 8.96. The van der Waals surface area contributed by atoms with Crippen LogP contribution in [-0.2, 0) is 0 Å². The van der Waals surface area contributed by atoms with Gasteiger partial charge in [0.1, 0.15) is 0 Å². The Hall–Kier alpha value is -1.33. The van der Waals surface area contributed by atoms with E-state index in [0.717, 1.165) is 6.54 Å². The highest BCUT2D eigenvalue weighted by Crippen LogP contribution is 2.23. The topological polar surface area (TPSA) is 27.0 Å². The van der Waals surface area contributed by atoms with E-state index in [4.69, 9.17) is 5.26 Å². The molecule has 0 aromatic heterocycles. The van der Waals surface area contributed by atoms with Gasteiger partial charge in [0.2, 0.25) is 0 Å². The SMILES string of the molecule is CCC(C)CN(C)C(CC#N)c1ccccc1. The third-order valence-corrected chi connectivity index (χ3v) is 3.30. The molecule has 0 heterocycles. The Morgan fingerprint density at radius 1 is 1.29 bits per heavy atom. The fourth-order valence-electron chi connectivity index (χ4n) is 2.04. The van der Waals surface area contributed by atoms with Gasteiger partial charge >= 0.3 is 0 Å². The molecule has 0 N–H and O–H groups in total. The van der Waals surface area contributed by atoms with E-state index in [2.05, 4.69) is 44.0 Å². The zero-order valence-electron chi connectivity index (χ0n) is 11.1. The molecule has 0 amide bonds. The minimum Gasteiger partial charge on any atom is -0.298 e. The molecule has 1 rings (SSSR count). The Morgan fingerprint density at radius 3 is 2.47 bits per heavy atom. The Labute approximate surface area is 105 Å². The van der Waals surface area contributed by atoms with Crippen molar-refractivity contribution >= 4 is 0 Å². The summed E-state index contributed by atoms with van der Waals surface area (Å²) in [7, 11) is 2.11. The molecule has 1 aromatic carbocycles. The molecule has 0 fully saturated rings. The Kier molecular flexibility index (Phi) is 5.72. The van der Waals surface area contributed by atoms with Gasteiger partial charge in [0.15, 0.2) is 0 Å². The molecule has 0 aliphatic heterocycles. The van der Waals surface area contributed by atoms with Crippen LogP contribution in [0.2, 0.25) is 0 Å². The van der Waals surface area contributed by atoms with E-state index in [1.54, 1.807) is 0 Å². The van der Waals surface area contributed by atoms with Crippen molar-refractivity contribution in [2.75, 3.05) is 13.6 Å². The van der Waals surface area contributed by atoms with Crippen LogP contribution in [0.15, 0.2) is 30.3 Å². The first-order chi connectivity index (χ1) is 8.19. The molecule has 0 aliphatic carbocycles. The summed E-state index contributed by atoms with van der Waals surface area (Å²) in [4.78, 5) is 2.30. The van der Waals surface area contributed by atoms with Crippen molar-refractivity contribution in [3.63, 3.8) is 0 Å². The van der Waals surface area contributed by atoms with Gasteiger partial charge in [-0.15, -0.1) is 0 Å². The van der Waals surface area contributed by atoms with Crippen molar-refractivity contribution in [3.05, 3.63) is 35.9 Å². The summed E-state index contributed by atoms with van der Waals surface area (Å²) >= 11 is 0. The van der Waals surface area contributed by atoms with Gasteiger partial charge in [0, 0.05) is 12.6 Å². The van der Waals surface area contributed by atoms with Crippen molar-refractivity contribution in [2.45, 2.75) is 32.7 Å². The molecule has 92 valence electrons. The predicted octanol–water partition coefficient (Wildman–Crippen LogP) is 3.62. The van der Waals surface area contributed by atoms with Gasteiger partial charge in [-0.2, -0.15) is 5.26 Å². The van der Waals surface area contributed by atoms with E-state index in [-0.39, 0.29) is 6.04 Å². The second-order valence-corrected chi connectivity index (χ2v) is 4.74. The quantitative estimate of drug-likeness (QED) is 0.746. The average Bonchev–Trinajstić information content (AvgIpc) is 2.36. The molecule has 0 bridgehead atoms. The highest BCUT2D eigenvalue weighted by Gasteiger charge is 2.17. The van der Waals surface area contributed by atoms with Gasteiger partial charge in [-0.3, -0.25) is 4.90 Å². The minimum atomic E-state index is 0.218. The first kappa shape index (κ1) is 13.7. The van der Waals surface area contributed by atoms with Crippen LogP contribution < -0.4 is 0 Å². The third-order valence-electron chi connectivity index (χ3n) is 3.30. The van der Waals surface area contributed by atoms with Crippen LogP contribution in [0.25, 0.3) is 0 Å². The minimum absolute atomic E-state index is 0.218. The van der Waals surface area contributed by atoms with Gasteiger partial charge in [0.05, 0.1) is 12.5 Å². The van der Waals surface area contributed by atoms with E-state index in [9.17, 15) is 0 Å². The summed E-state index contributed by atoms with van der Waals surface area (Å²) < 4.78 is 0. The smallest absolute Gasteiger partial charge is 0.0641 e. The lowest BCUT2D eigenvalue weighted by atomic mass is 10.0. The number of nitriles is 1. The predicted molar refractivity (Wildman–Crippen MR) is 71.5 cm³/mol. The van der Waals surface area contributed by atoms with Crippen molar-refractivity contribution in [2.24, 2.45) is 5.92 Å². The summed E-state index contributed by atoms with van der Waals surface area (Å²) in [6.45, 7) is 5.50. The first-order valence-corrected chi connectivity index (χ1v) is 6.31. The van der Waals surface area contributed by atoms with Crippen LogP contribution in [0, 0.1) is 17.2 Å². The fourth-order valence-corrected chi connectivity index (χ4v) is 2.04. The van der Waals surface area contributed by atoms with Crippen LogP contribution in [0.3, 0.4) is 0 Å². The van der Waals surface area contributed by atoms with Crippen molar-refractivity contribution in [3.8, 4) is 6.07 Å². The second-order valence-electron chi connectivity index (χ2n) is 4.74. The molecular formula is C15H22N2. The second kappa shape index (κ2) is 7.09. The van der Waals surface area contributed by atoms with Gasteiger partial charge in [0.25, 0.3) is 0 Å². The lowest BCUT2D eigenvalue weighted by Crippen LogP contribution is -2.28. The van der Waals surface area contributed by atoms with Crippen LogP contribution >= 0.6 is 0 Å². The Bertz CT molecular complexity index is 353. The number of hydrogen-bond acceptors (Lipinski definition) is 2. The van der Waals surface area contributed by atoms with Gasteiger partial charge in [-0.05, 0) is 18.5 Å². The molecule has 2 nitrogen and oxygen atoms in total. The number of hydrogen-bond donors (Lipinski definition) is 0. The maximum Gasteiger partial charge on any atom is 0.0641 e. The molecule has 17 heavy (non-hydrogen) atoms. The lowest BCUT2D eigenvalue weighted by Gasteiger charge is -2.28. The molecule has 0 aliphatic rings. The fraction of sp³-hybridized carbons (Fsp3) is 0.533. The van der Waals surface area contributed by atoms with Gasteiger partial charge in [-0.1, -0.05) is 50.6 Å². The Balaban J connectivity index is 2.76. The van der Waals surface area contributed by atoms with E-state index in [1.165, 1.54) is 12.0 Å². The summed E-state index contributed by atoms with van der Waals surface area (Å²) in [5.41, 5.74) is 1.24. The van der Waals surface area contributed by atoms with E-state index in [1.807, 2.05) is 18.2 Å². The highest BCUT2D eigenvalue weighted by atomic mass is 15.1. The van der Waals surface area contributed by atoms with Crippen LogP contribution in [0.5, 0.6) is 0 Å². The molecule has 1 aromatic rings.